The van der Waals surface area contributed by atoms with Crippen molar-refractivity contribution in [2.75, 3.05) is 27.9 Å². The summed E-state index contributed by atoms with van der Waals surface area (Å²) in [5.74, 6) is 0.594. The molecule has 27 heavy (non-hydrogen) atoms. The first-order valence-corrected chi connectivity index (χ1v) is 8.44. The zero-order chi connectivity index (χ0) is 20.0. The molecule has 2 rings (SSSR count). The van der Waals surface area contributed by atoms with E-state index in [1.54, 1.807) is 24.3 Å². The van der Waals surface area contributed by atoms with E-state index < -0.39 is 5.97 Å². The van der Waals surface area contributed by atoms with Crippen molar-refractivity contribution in [3.05, 3.63) is 52.6 Å². The van der Waals surface area contributed by atoms with Crippen LogP contribution in [0, 0.1) is 13.8 Å². The Morgan fingerprint density at radius 3 is 2.00 bits per heavy atom. The van der Waals surface area contributed by atoms with Gasteiger partial charge in [-0.25, -0.2) is 0 Å². The fourth-order valence-corrected chi connectivity index (χ4v) is 2.60. The van der Waals surface area contributed by atoms with Gasteiger partial charge in [-0.2, -0.15) is 0 Å². The highest BCUT2D eigenvalue weighted by Crippen LogP contribution is 2.38. The van der Waals surface area contributed by atoms with E-state index in [0.717, 1.165) is 11.1 Å². The third-order valence-corrected chi connectivity index (χ3v) is 4.27. The van der Waals surface area contributed by atoms with Crippen LogP contribution in [0.3, 0.4) is 0 Å². The molecule has 0 unspecified atom stereocenters. The van der Waals surface area contributed by atoms with Crippen molar-refractivity contribution in [3.8, 4) is 17.2 Å². The molecular formula is C21H24O6. The Labute approximate surface area is 159 Å². The number of carbonyl (C=O) groups excluding carboxylic acids is 2. The number of hydrogen-bond acceptors (Lipinski definition) is 6. The van der Waals surface area contributed by atoms with Gasteiger partial charge < -0.3 is 18.9 Å². The summed E-state index contributed by atoms with van der Waals surface area (Å²) in [4.78, 5) is 24.4. The van der Waals surface area contributed by atoms with E-state index in [9.17, 15) is 9.59 Å². The molecule has 0 saturated heterocycles. The van der Waals surface area contributed by atoms with Gasteiger partial charge in [-0.3, -0.25) is 9.59 Å². The molecule has 0 saturated carbocycles. The van der Waals surface area contributed by atoms with Gasteiger partial charge in [-0.1, -0.05) is 12.1 Å². The molecule has 0 aromatic heterocycles. The molecule has 0 aliphatic rings. The highest BCUT2D eigenvalue weighted by molar-refractivity contribution is 5.98. The summed E-state index contributed by atoms with van der Waals surface area (Å²) in [6, 6.07) is 8.75. The SMILES string of the molecule is COc1cc(CC(=O)OCC(=O)c2ccc(C)c(C)c2)cc(OC)c1OC. The third kappa shape index (κ3) is 5.00. The maximum Gasteiger partial charge on any atom is 0.310 e. The van der Waals surface area contributed by atoms with E-state index in [-0.39, 0.29) is 18.8 Å². The Balaban J connectivity index is 2.03. The average molecular weight is 372 g/mol. The maximum atomic E-state index is 12.2. The van der Waals surface area contributed by atoms with Gasteiger partial charge in [0, 0.05) is 5.56 Å². The molecule has 0 radical (unpaired) electrons. The minimum Gasteiger partial charge on any atom is -0.493 e. The van der Waals surface area contributed by atoms with Gasteiger partial charge in [-0.05, 0) is 48.7 Å². The van der Waals surface area contributed by atoms with Crippen molar-refractivity contribution >= 4 is 11.8 Å². The number of aryl methyl sites for hydroxylation is 2. The second kappa shape index (κ2) is 9.07. The molecule has 0 aliphatic heterocycles. The fraction of sp³-hybridized carbons (Fsp3) is 0.333. The van der Waals surface area contributed by atoms with E-state index in [0.29, 0.717) is 28.4 Å². The number of ketones is 1. The van der Waals surface area contributed by atoms with Crippen LogP contribution in [0.5, 0.6) is 17.2 Å². The fourth-order valence-electron chi connectivity index (χ4n) is 2.60. The topological polar surface area (TPSA) is 71.1 Å². The summed E-state index contributed by atoms with van der Waals surface area (Å²) in [5, 5.41) is 0. The molecule has 6 nitrogen and oxygen atoms in total. The number of benzene rings is 2. The van der Waals surface area contributed by atoms with Crippen LogP contribution in [-0.4, -0.2) is 39.7 Å². The van der Waals surface area contributed by atoms with Crippen molar-refractivity contribution in [2.45, 2.75) is 20.3 Å². The standard InChI is InChI=1S/C21H24O6/c1-13-6-7-16(8-14(13)2)17(22)12-27-20(23)11-15-9-18(24-3)21(26-5)19(10-15)25-4/h6-10H,11-12H2,1-5H3. The maximum absolute atomic E-state index is 12.2. The lowest BCUT2D eigenvalue weighted by molar-refractivity contribution is -0.141. The van der Waals surface area contributed by atoms with Gasteiger partial charge in [0.05, 0.1) is 27.8 Å². The Hall–Kier alpha value is -3.02. The number of carbonyl (C=O) groups is 2. The predicted octanol–water partition coefficient (Wildman–Crippen LogP) is 3.30. The quantitative estimate of drug-likeness (QED) is 0.523. The Kier molecular flexibility index (Phi) is 6.82. The number of Topliss-reactive ketones (excluding diaryl/α,β-unsaturated/α-hetero) is 1. The van der Waals surface area contributed by atoms with E-state index in [1.807, 2.05) is 19.9 Å². The van der Waals surface area contributed by atoms with Crippen LogP contribution in [0.15, 0.2) is 30.3 Å². The molecule has 2 aromatic rings. The van der Waals surface area contributed by atoms with E-state index in [4.69, 9.17) is 18.9 Å². The summed E-state index contributed by atoms with van der Waals surface area (Å²) in [5.41, 5.74) is 3.28. The monoisotopic (exact) mass is 372 g/mol. The highest BCUT2D eigenvalue weighted by Gasteiger charge is 2.16. The zero-order valence-corrected chi connectivity index (χ0v) is 16.3. The molecule has 0 atom stereocenters. The second-order valence-corrected chi connectivity index (χ2v) is 6.09. The molecule has 6 heteroatoms. The molecule has 2 aromatic carbocycles. The summed E-state index contributed by atoms with van der Waals surface area (Å²) in [6.45, 7) is 3.61. The molecule has 0 heterocycles. The Morgan fingerprint density at radius 2 is 1.48 bits per heavy atom. The molecule has 0 fully saturated rings. The summed E-state index contributed by atoms with van der Waals surface area (Å²) < 4.78 is 20.9. The normalized spacial score (nSPS) is 10.3. The minimum atomic E-state index is -0.513. The van der Waals surface area contributed by atoms with Crippen LogP contribution in [0.25, 0.3) is 0 Å². The highest BCUT2D eigenvalue weighted by atomic mass is 16.5. The molecule has 0 bridgehead atoms. The van der Waals surface area contributed by atoms with Crippen LogP contribution in [0.2, 0.25) is 0 Å². The average Bonchev–Trinajstić information content (AvgIpc) is 2.67. The molecule has 0 amide bonds. The van der Waals surface area contributed by atoms with Gasteiger partial charge in [0.1, 0.15) is 0 Å². The number of hydrogen-bond donors (Lipinski definition) is 0. The Bertz CT molecular complexity index is 816. The third-order valence-electron chi connectivity index (χ3n) is 4.27. The summed E-state index contributed by atoms with van der Waals surface area (Å²) >= 11 is 0. The van der Waals surface area contributed by atoms with Crippen LogP contribution in [-0.2, 0) is 16.0 Å². The van der Waals surface area contributed by atoms with Crippen LogP contribution >= 0.6 is 0 Å². The van der Waals surface area contributed by atoms with Gasteiger partial charge in [0.2, 0.25) is 5.75 Å². The smallest absolute Gasteiger partial charge is 0.310 e. The number of methoxy groups -OCH3 is 3. The van der Waals surface area contributed by atoms with E-state index in [1.165, 1.54) is 21.3 Å². The lowest BCUT2D eigenvalue weighted by Gasteiger charge is -2.14. The van der Waals surface area contributed by atoms with Gasteiger partial charge in [-0.15, -0.1) is 0 Å². The van der Waals surface area contributed by atoms with Crippen LogP contribution < -0.4 is 14.2 Å². The summed E-state index contributed by atoms with van der Waals surface area (Å²) in [6.07, 6.45) is -0.0169. The van der Waals surface area contributed by atoms with Crippen molar-refractivity contribution in [2.24, 2.45) is 0 Å². The van der Waals surface area contributed by atoms with Crippen LogP contribution in [0.1, 0.15) is 27.0 Å². The molecule has 144 valence electrons. The lowest BCUT2D eigenvalue weighted by atomic mass is 10.0. The molecule has 0 spiro atoms. The number of rotatable bonds is 8. The first-order chi connectivity index (χ1) is 12.9. The Morgan fingerprint density at radius 1 is 0.852 bits per heavy atom. The molecular weight excluding hydrogens is 348 g/mol. The largest absolute Gasteiger partial charge is 0.493 e. The van der Waals surface area contributed by atoms with Crippen molar-refractivity contribution in [1.82, 2.24) is 0 Å². The minimum absolute atomic E-state index is 0.0169. The van der Waals surface area contributed by atoms with Crippen LogP contribution in [0.4, 0.5) is 0 Å². The van der Waals surface area contributed by atoms with E-state index in [2.05, 4.69) is 0 Å². The van der Waals surface area contributed by atoms with Crippen molar-refractivity contribution in [3.63, 3.8) is 0 Å². The second-order valence-electron chi connectivity index (χ2n) is 6.09. The number of ether oxygens (including phenoxy) is 4. The molecule has 0 N–H and O–H groups in total. The first kappa shape index (κ1) is 20.3. The van der Waals surface area contributed by atoms with Gasteiger partial charge in [0.15, 0.2) is 23.9 Å². The van der Waals surface area contributed by atoms with Gasteiger partial charge >= 0.3 is 5.97 Å². The predicted molar refractivity (Wildman–Crippen MR) is 101 cm³/mol. The van der Waals surface area contributed by atoms with Gasteiger partial charge in [0.25, 0.3) is 0 Å². The summed E-state index contributed by atoms with van der Waals surface area (Å²) in [7, 11) is 4.51. The lowest BCUT2D eigenvalue weighted by Crippen LogP contribution is -2.16. The van der Waals surface area contributed by atoms with Crippen molar-refractivity contribution in [1.29, 1.82) is 0 Å². The molecule has 0 aliphatic carbocycles. The van der Waals surface area contributed by atoms with Crippen molar-refractivity contribution < 1.29 is 28.5 Å². The zero-order valence-electron chi connectivity index (χ0n) is 16.3. The first-order valence-electron chi connectivity index (χ1n) is 8.44. The van der Waals surface area contributed by atoms with E-state index >= 15 is 0 Å². The number of esters is 1.